The van der Waals surface area contributed by atoms with E-state index in [1.807, 2.05) is 26.0 Å². The van der Waals surface area contributed by atoms with Gasteiger partial charge in [0.25, 0.3) is 5.91 Å². The molecule has 1 aliphatic carbocycles. The first-order valence-electron chi connectivity index (χ1n) is 12.3. The van der Waals surface area contributed by atoms with E-state index in [9.17, 15) is 9.18 Å². The fraction of sp³-hybridized carbons (Fsp3) is 0.333. The molecular weight excluding hydrogens is 494 g/mol. The molecule has 1 aromatic carbocycles. The van der Waals surface area contributed by atoms with Gasteiger partial charge >= 0.3 is 0 Å². The van der Waals surface area contributed by atoms with Crippen LogP contribution in [-0.2, 0) is 12.6 Å². The van der Waals surface area contributed by atoms with Crippen molar-refractivity contribution in [2.24, 2.45) is 24.6 Å². The van der Waals surface area contributed by atoms with Crippen molar-refractivity contribution in [3.8, 4) is 28.7 Å². The lowest BCUT2D eigenvalue weighted by molar-refractivity contribution is 0.0735. The lowest BCUT2D eigenvalue weighted by Gasteiger charge is -2.22. The Kier molecular flexibility index (Phi) is 5.56. The predicted molar refractivity (Wildman–Crippen MR) is 133 cm³/mol. The maximum Gasteiger partial charge on any atom is 0.275 e. The number of rotatable bonds is 6. The molecule has 3 aromatic heterocycles. The first-order chi connectivity index (χ1) is 18.1. The molecule has 2 fully saturated rings. The van der Waals surface area contributed by atoms with E-state index in [1.54, 1.807) is 17.0 Å². The summed E-state index contributed by atoms with van der Waals surface area (Å²) < 4.78 is 41.1. The Morgan fingerprint density at radius 1 is 1.16 bits per heavy atom. The third-order valence-electron chi connectivity index (χ3n) is 7.17. The summed E-state index contributed by atoms with van der Waals surface area (Å²) in [6.45, 7) is 4.64. The van der Waals surface area contributed by atoms with Gasteiger partial charge in [0.1, 0.15) is 18.2 Å². The standard InChI is InChI=1S/C27H26F2N6O3/c1-27(2,30)15-10-19(14-4-6-16(28)7-5-14)32-20(11-15)38-24-17-12-35(13-18(17)24)26(36)23-21(29)22(33-34(23)3)25-31-8-9-37-25/h4-11,17-18,24H,12-13,30H2,1-3H3/t17-,18+,24-. The fourth-order valence-corrected chi connectivity index (χ4v) is 5.02. The molecule has 0 radical (unpaired) electrons. The van der Waals surface area contributed by atoms with Crippen LogP contribution in [0.4, 0.5) is 8.78 Å². The van der Waals surface area contributed by atoms with Gasteiger partial charge in [-0.3, -0.25) is 9.48 Å². The van der Waals surface area contributed by atoms with Gasteiger partial charge in [0.2, 0.25) is 11.8 Å². The second kappa shape index (κ2) is 8.73. The topological polar surface area (TPSA) is 112 Å². The predicted octanol–water partition coefficient (Wildman–Crippen LogP) is 3.76. The molecule has 0 unspecified atom stereocenters. The summed E-state index contributed by atoms with van der Waals surface area (Å²) in [5, 5.41) is 4.09. The molecule has 196 valence electrons. The molecule has 1 saturated carbocycles. The van der Waals surface area contributed by atoms with E-state index in [-0.39, 0.29) is 41.0 Å². The van der Waals surface area contributed by atoms with Crippen LogP contribution in [0.1, 0.15) is 29.9 Å². The van der Waals surface area contributed by atoms with E-state index in [1.165, 1.54) is 36.3 Å². The summed E-state index contributed by atoms with van der Waals surface area (Å²) in [5.41, 5.74) is 7.69. The first-order valence-corrected chi connectivity index (χ1v) is 12.3. The molecule has 4 heterocycles. The summed E-state index contributed by atoms with van der Waals surface area (Å²) in [6, 6.07) is 9.79. The van der Waals surface area contributed by atoms with E-state index >= 15 is 4.39 Å². The van der Waals surface area contributed by atoms with Crippen LogP contribution in [0, 0.1) is 23.5 Å². The zero-order valence-electron chi connectivity index (χ0n) is 21.1. The molecule has 1 aliphatic heterocycles. The molecule has 3 atom stereocenters. The summed E-state index contributed by atoms with van der Waals surface area (Å²) in [6.07, 6.45) is 2.59. The Hall–Kier alpha value is -4.12. The highest BCUT2D eigenvalue weighted by Gasteiger charge is 2.59. The first kappa shape index (κ1) is 24.2. The van der Waals surface area contributed by atoms with Gasteiger partial charge in [0.15, 0.2) is 17.2 Å². The number of halogens is 2. The van der Waals surface area contributed by atoms with Crippen LogP contribution in [0.25, 0.3) is 22.8 Å². The number of ether oxygens (including phenoxy) is 1. The summed E-state index contributed by atoms with van der Waals surface area (Å²) in [5.74, 6) is -0.877. The van der Waals surface area contributed by atoms with Crippen molar-refractivity contribution in [3.05, 3.63) is 71.8 Å². The number of carbonyl (C=O) groups is 1. The second-order valence-electron chi connectivity index (χ2n) is 10.4. The molecular formula is C27H26F2N6O3. The molecule has 0 spiro atoms. The molecule has 1 amide bonds. The number of oxazole rings is 1. The van der Waals surface area contributed by atoms with Crippen molar-refractivity contribution in [1.82, 2.24) is 24.6 Å². The minimum absolute atomic E-state index is 0.0188. The third kappa shape index (κ3) is 4.22. The minimum atomic E-state index is -0.757. The Bertz CT molecular complexity index is 1500. The van der Waals surface area contributed by atoms with Gasteiger partial charge in [-0.25, -0.2) is 18.7 Å². The van der Waals surface area contributed by atoms with Crippen molar-refractivity contribution in [2.75, 3.05) is 13.1 Å². The van der Waals surface area contributed by atoms with E-state index in [2.05, 4.69) is 15.1 Å². The van der Waals surface area contributed by atoms with Crippen LogP contribution in [0.2, 0.25) is 0 Å². The smallest absolute Gasteiger partial charge is 0.275 e. The summed E-state index contributed by atoms with van der Waals surface area (Å²) in [7, 11) is 1.52. The second-order valence-corrected chi connectivity index (χ2v) is 10.4. The van der Waals surface area contributed by atoms with Gasteiger partial charge in [-0.15, -0.1) is 0 Å². The molecule has 0 bridgehead atoms. The highest BCUT2D eigenvalue weighted by molar-refractivity contribution is 5.94. The highest BCUT2D eigenvalue weighted by atomic mass is 19.1. The number of fused-ring (bicyclic) bond motifs is 1. The molecule has 6 rings (SSSR count). The monoisotopic (exact) mass is 520 g/mol. The van der Waals surface area contributed by atoms with Crippen molar-refractivity contribution in [1.29, 1.82) is 0 Å². The van der Waals surface area contributed by atoms with E-state index in [0.717, 1.165) is 11.1 Å². The molecule has 2 aliphatic rings. The Morgan fingerprint density at radius 2 is 1.87 bits per heavy atom. The van der Waals surface area contributed by atoms with Gasteiger partial charge < -0.3 is 19.8 Å². The van der Waals surface area contributed by atoms with E-state index in [4.69, 9.17) is 14.9 Å². The lowest BCUT2D eigenvalue weighted by Crippen LogP contribution is -2.35. The van der Waals surface area contributed by atoms with Gasteiger partial charge in [-0.2, -0.15) is 5.10 Å². The number of nitrogens with zero attached hydrogens (tertiary/aromatic N) is 5. The number of piperidine rings is 1. The fourth-order valence-electron chi connectivity index (χ4n) is 5.02. The number of aryl methyl sites for hydroxylation is 1. The average Bonchev–Trinajstić information content (AvgIpc) is 3.34. The lowest BCUT2D eigenvalue weighted by atomic mass is 9.95. The Balaban J connectivity index is 1.17. The number of hydrogen-bond acceptors (Lipinski definition) is 7. The molecule has 4 aromatic rings. The highest BCUT2D eigenvalue weighted by Crippen LogP contribution is 2.48. The minimum Gasteiger partial charge on any atom is -0.474 e. The number of hydrogen-bond donors (Lipinski definition) is 1. The van der Waals surface area contributed by atoms with Crippen molar-refractivity contribution in [2.45, 2.75) is 25.5 Å². The number of carbonyl (C=O) groups excluding carboxylic acids is 1. The van der Waals surface area contributed by atoms with Crippen LogP contribution < -0.4 is 10.5 Å². The number of pyridine rings is 1. The van der Waals surface area contributed by atoms with Crippen LogP contribution in [0.15, 0.2) is 53.3 Å². The zero-order chi connectivity index (χ0) is 26.8. The number of benzene rings is 1. The van der Waals surface area contributed by atoms with Gasteiger partial charge in [-0.05, 0) is 49.7 Å². The Morgan fingerprint density at radius 3 is 2.50 bits per heavy atom. The number of likely N-dealkylation sites (tertiary alicyclic amines) is 1. The van der Waals surface area contributed by atoms with Crippen LogP contribution >= 0.6 is 0 Å². The van der Waals surface area contributed by atoms with Crippen molar-refractivity contribution >= 4 is 5.91 Å². The maximum absolute atomic E-state index is 15.1. The number of nitrogens with two attached hydrogens (primary N) is 1. The largest absolute Gasteiger partial charge is 0.474 e. The maximum atomic E-state index is 15.1. The molecule has 1 saturated heterocycles. The normalized spacial score (nSPS) is 20.5. The van der Waals surface area contributed by atoms with Crippen LogP contribution in [-0.4, -0.2) is 49.7 Å². The average molecular weight is 521 g/mol. The van der Waals surface area contributed by atoms with E-state index < -0.39 is 17.3 Å². The summed E-state index contributed by atoms with van der Waals surface area (Å²) in [4.78, 5) is 23.4. The van der Waals surface area contributed by atoms with Crippen LogP contribution in [0.3, 0.4) is 0 Å². The van der Waals surface area contributed by atoms with E-state index in [0.29, 0.717) is 24.7 Å². The molecule has 2 N–H and O–H groups in total. The third-order valence-corrected chi connectivity index (χ3v) is 7.17. The van der Waals surface area contributed by atoms with Crippen molar-refractivity contribution in [3.63, 3.8) is 0 Å². The van der Waals surface area contributed by atoms with Gasteiger partial charge in [-0.1, -0.05) is 0 Å². The molecule has 9 nitrogen and oxygen atoms in total. The quantitative estimate of drug-likeness (QED) is 0.412. The molecule has 38 heavy (non-hydrogen) atoms. The molecule has 11 heteroatoms. The SMILES string of the molecule is Cn1nc(-c2ncco2)c(F)c1C(=O)N1C[C@@H]2[C@H](C1)[C@@H]2Oc1cc(C(C)(C)N)cc(-c2ccc(F)cc2)n1. The van der Waals surface area contributed by atoms with Crippen molar-refractivity contribution < 1.29 is 22.7 Å². The number of aromatic nitrogens is 4. The van der Waals surface area contributed by atoms with Gasteiger partial charge in [0.05, 0.1) is 11.9 Å². The van der Waals surface area contributed by atoms with Gasteiger partial charge in [0, 0.05) is 49.1 Å². The Labute approximate surface area is 217 Å². The van der Waals surface area contributed by atoms with Crippen LogP contribution in [0.5, 0.6) is 5.88 Å². The zero-order valence-corrected chi connectivity index (χ0v) is 21.1. The number of amides is 1. The summed E-state index contributed by atoms with van der Waals surface area (Å²) >= 11 is 0.